The van der Waals surface area contributed by atoms with Gasteiger partial charge in [-0.3, -0.25) is 28.8 Å². The molecule has 5 aromatic rings. The van der Waals surface area contributed by atoms with Crippen molar-refractivity contribution in [1.29, 1.82) is 0 Å². The number of amides is 4. The maximum absolute atomic E-state index is 15.1. The maximum atomic E-state index is 15.1. The van der Waals surface area contributed by atoms with E-state index >= 15 is 8.78 Å². The van der Waals surface area contributed by atoms with Crippen LogP contribution >= 0.6 is 11.3 Å². The molecule has 3 aromatic heterocycles. The number of carbonyl (C=O) groups excluding carboxylic acids is 4. The number of aliphatic hydroxyl groups is 1. The molecule has 0 radical (unpaired) electrons. The molecule has 3 N–H and O–H groups in total. The van der Waals surface area contributed by atoms with Gasteiger partial charge in [0, 0.05) is 93.4 Å². The van der Waals surface area contributed by atoms with Crippen LogP contribution < -0.4 is 15.5 Å². The number of aryl methyl sites for hydroxylation is 2. The van der Waals surface area contributed by atoms with Crippen molar-refractivity contribution >= 4 is 46.5 Å². The average Bonchev–Trinajstić information content (AvgIpc) is 4.08. The first kappa shape index (κ1) is 48.9. The van der Waals surface area contributed by atoms with E-state index in [2.05, 4.69) is 25.3 Å². The van der Waals surface area contributed by atoms with Crippen LogP contribution in [-0.4, -0.2) is 109 Å². The lowest BCUT2D eigenvalue weighted by Crippen LogP contribution is -2.58. The summed E-state index contributed by atoms with van der Waals surface area (Å²) < 4.78 is 38.0. The molecule has 2 aromatic carbocycles. The predicted molar refractivity (Wildman–Crippen MR) is 261 cm³/mol. The number of aromatic nitrogens is 4. The highest BCUT2D eigenvalue weighted by Gasteiger charge is 2.44. The SMILES string of the molecule is CC(=O)N1CCc2c(c(N3CCCc4cc(-c5ccc(CC(=O)N[C@H](C(=O)N6C[C@H](O)C[C@H]6C(=O)NCc6ccc(-c7scnc7C)cc6)C(C)(C)C)cn5)c(C(F)F)cc43)nn2C2CCOCC2)C1. The number of ether oxygens (including phenoxy) is 1. The van der Waals surface area contributed by atoms with E-state index < -0.39 is 47.7 Å². The van der Waals surface area contributed by atoms with Crippen LogP contribution in [0.5, 0.6) is 0 Å². The second kappa shape index (κ2) is 20.3. The van der Waals surface area contributed by atoms with E-state index in [-0.39, 0.29) is 43.4 Å². The fourth-order valence-electron chi connectivity index (χ4n) is 10.3. The van der Waals surface area contributed by atoms with Gasteiger partial charge in [0.1, 0.15) is 12.1 Å². The first-order valence-electron chi connectivity index (χ1n) is 24.2. The van der Waals surface area contributed by atoms with Gasteiger partial charge in [-0.2, -0.15) is 5.10 Å². The first-order valence-corrected chi connectivity index (χ1v) is 25.1. The van der Waals surface area contributed by atoms with Gasteiger partial charge >= 0.3 is 0 Å². The van der Waals surface area contributed by atoms with Gasteiger partial charge in [0.15, 0.2) is 5.82 Å². The number of hydrogen-bond donors (Lipinski definition) is 3. The van der Waals surface area contributed by atoms with Crippen molar-refractivity contribution in [2.24, 2.45) is 5.41 Å². The molecule has 18 heteroatoms. The summed E-state index contributed by atoms with van der Waals surface area (Å²) in [6, 6.07) is 12.7. The van der Waals surface area contributed by atoms with Gasteiger partial charge < -0.3 is 35.2 Å². The molecule has 2 fully saturated rings. The van der Waals surface area contributed by atoms with Gasteiger partial charge in [-0.05, 0) is 78.5 Å². The second-order valence-electron chi connectivity index (χ2n) is 20.0. The first-order chi connectivity index (χ1) is 33.5. The molecule has 7 heterocycles. The van der Waals surface area contributed by atoms with E-state index in [4.69, 9.17) is 9.84 Å². The molecule has 70 heavy (non-hydrogen) atoms. The van der Waals surface area contributed by atoms with Crippen LogP contribution in [0.4, 0.5) is 20.3 Å². The van der Waals surface area contributed by atoms with Crippen molar-refractivity contribution < 1.29 is 37.8 Å². The zero-order valence-corrected chi connectivity index (χ0v) is 41.2. The second-order valence-corrected chi connectivity index (χ2v) is 20.9. The van der Waals surface area contributed by atoms with Crippen LogP contribution in [0.1, 0.15) is 105 Å². The van der Waals surface area contributed by atoms with Crippen molar-refractivity contribution in [2.45, 2.75) is 123 Å². The Hall–Kier alpha value is -6.11. The Morgan fingerprint density at radius 3 is 2.41 bits per heavy atom. The van der Waals surface area contributed by atoms with Crippen molar-refractivity contribution in [3.63, 3.8) is 0 Å². The number of likely N-dealkylation sites (tertiary alicyclic amines) is 1. The number of pyridine rings is 1. The van der Waals surface area contributed by atoms with E-state index in [1.54, 1.807) is 48.0 Å². The minimum atomic E-state index is -2.82. The number of nitrogens with zero attached hydrogens (tertiary/aromatic N) is 7. The van der Waals surface area contributed by atoms with Gasteiger partial charge in [-0.25, -0.2) is 13.8 Å². The van der Waals surface area contributed by atoms with Gasteiger partial charge in [0.05, 0.1) is 46.9 Å². The van der Waals surface area contributed by atoms with Crippen LogP contribution in [0, 0.1) is 12.3 Å². The minimum absolute atomic E-state index is 0.0184. The Morgan fingerprint density at radius 1 is 0.986 bits per heavy atom. The van der Waals surface area contributed by atoms with E-state index in [0.717, 1.165) is 57.8 Å². The maximum Gasteiger partial charge on any atom is 0.264 e. The molecular weight excluding hydrogens is 917 g/mol. The summed E-state index contributed by atoms with van der Waals surface area (Å²) >= 11 is 1.56. The molecule has 370 valence electrons. The third-order valence-electron chi connectivity index (χ3n) is 14.1. The fraction of sp³-hybridized carbons (Fsp3) is 0.481. The Morgan fingerprint density at radius 2 is 1.74 bits per heavy atom. The van der Waals surface area contributed by atoms with Crippen molar-refractivity contribution in [3.8, 4) is 21.7 Å². The summed E-state index contributed by atoms with van der Waals surface area (Å²) in [5.41, 5.74) is 8.47. The molecular formula is C52H61F2N9O6S. The molecule has 0 spiro atoms. The Kier molecular flexibility index (Phi) is 14.2. The van der Waals surface area contributed by atoms with Gasteiger partial charge in [-0.15, -0.1) is 11.3 Å². The number of aliphatic hydroxyl groups excluding tert-OH is 1. The number of β-amino-alcohol motifs (C(OH)–C–C–N with tert-alkyl or cyclic N) is 1. The quantitative estimate of drug-likeness (QED) is 0.118. The molecule has 4 aliphatic rings. The number of anilines is 2. The zero-order valence-electron chi connectivity index (χ0n) is 40.3. The molecule has 0 unspecified atom stereocenters. The molecule has 15 nitrogen and oxygen atoms in total. The van der Waals surface area contributed by atoms with Crippen LogP contribution in [0.15, 0.2) is 60.2 Å². The third-order valence-corrected chi connectivity index (χ3v) is 15.1. The zero-order chi connectivity index (χ0) is 49.4. The Balaban J connectivity index is 0.884. The van der Waals surface area contributed by atoms with Gasteiger partial charge in [-0.1, -0.05) is 51.1 Å². The normalized spacial score (nSPS) is 19.0. The molecule has 4 aliphatic heterocycles. The monoisotopic (exact) mass is 977 g/mol. The van der Waals surface area contributed by atoms with E-state index in [0.29, 0.717) is 74.0 Å². The molecule has 9 rings (SSSR count). The number of thiazole rings is 1. The van der Waals surface area contributed by atoms with Crippen LogP contribution in [0.25, 0.3) is 21.7 Å². The molecule has 3 atom stereocenters. The van der Waals surface area contributed by atoms with Crippen LogP contribution in [0.2, 0.25) is 0 Å². The summed E-state index contributed by atoms with van der Waals surface area (Å²) in [7, 11) is 0. The highest BCUT2D eigenvalue weighted by Crippen LogP contribution is 2.44. The Labute approximate surface area is 410 Å². The molecule has 0 aliphatic carbocycles. The lowest BCUT2D eigenvalue weighted by molar-refractivity contribution is -0.144. The van der Waals surface area contributed by atoms with Crippen LogP contribution in [-0.2, 0) is 56.3 Å². The standard InChI is InChI=1S/C52H61F2N9O6S/c1-30-46(70-29-57-30)34-11-8-32(9-12-34)25-56-50(67)44-23-37(65)27-62(44)51(68)47(52(3,4)5)58-45(66)21-33-10-13-41(55-26-33)38-22-35-7-6-17-61(43(35)24-39(38)48(53)54)49-40-28-60(31(2)64)18-14-42(40)63(59-49)36-15-19-69-20-16-36/h8-13,22,24,26,29,36-37,44,47-48,65H,6-7,14-21,23,25,27-28H2,1-5H3,(H,56,67)(H,58,66)/t37-,44+,47-/m1/s1. The molecule has 2 saturated heterocycles. The number of nitrogens with one attached hydrogen (secondary N) is 2. The lowest BCUT2D eigenvalue weighted by Gasteiger charge is -2.35. The summed E-state index contributed by atoms with van der Waals surface area (Å²) in [6.07, 6.45) is 1.43. The third kappa shape index (κ3) is 10.2. The summed E-state index contributed by atoms with van der Waals surface area (Å²) in [5.74, 6) is -0.656. The number of hydrogen-bond acceptors (Lipinski definition) is 11. The number of rotatable bonds is 12. The van der Waals surface area contributed by atoms with E-state index in [1.807, 2.05) is 61.8 Å². The number of benzene rings is 2. The lowest BCUT2D eigenvalue weighted by atomic mass is 9.85. The summed E-state index contributed by atoms with van der Waals surface area (Å²) in [5, 5.41) is 21.7. The number of halogens is 2. The summed E-state index contributed by atoms with van der Waals surface area (Å²) in [6.45, 7) is 12.0. The largest absolute Gasteiger partial charge is 0.391 e. The smallest absolute Gasteiger partial charge is 0.264 e. The van der Waals surface area contributed by atoms with Crippen molar-refractivity contribution in [2.75, 3.05) is 37.7 Å². The van der Waals surface area contributed by atoms with Crippen molar-refractivity contribution in [3.05, 3.63) is 99.4 Å². The van der Waals surface area contributed by atoms with Crippen LogP contribution in [0.3, 0.4) is 0 Å². The van der Waals surface area contributed by atoms with E-state index in [1.165, 1.54) is 11.1 Å². The molecule has 0 saturated carbocycles. The molecule has 0 bridgehead atoms. The molecule has 4 amide bonds. The van der Waals surface area contributed by atoms with E-state index in [9.17, 15) is 24.3 Å². The van der Waals surface area contributed by atoms with Gasteiger partial charge in [0.2, 0.25) is 23.6 Å². The van der Waals surface area contributed by atoms with Crippen molar-refractivity contribution in [1.82, 2.24) is 40.2 Å². The number of carbonyl (C=O) groups is 4. The highest BCUT2D eigenvalue weighted by molar-refractivity contribution is 7.13. The number of fused-ring (bicyclic) bond motifs is 2. The fourth-order valence-corrected chi connectivity index (χ4v) is 11.1. The summed E-state index contributed by atoms with van der Waals surface area (Å²) in [4.78, 5) is 69.3. The topological polar surface area (TPSA) is 175 Å². The van der Waals surface area contributed by atoms with Gasteiger partial charge in [0.25, 0.3) is 6.43 Å². The predicted octanol–water partition coefficient (Wildman–Crippen LogP) is 7.01. The average molecular weight is 978 g/mol. The number of alkyl halides is 2. The Bertz CT molecular complexity index is 2750. The minimum Gasteiger partial charge on any atom is -0.391 e. The highest BCUT2D eigenvalue weighted by atomic mass is 32.1.